The molecule has 0 unspecified atom stereocenters. The molecule has 0 N–H and O–H groups in total. The molecule has 1 atom stereocenters. The number of benzene rings is 2. The fraction of sp³-hybridized carbons (Fsp3) is 0.348. The first kappa shape index (κ1) is 18.2. The van der Waals surface area contributed by atoms with E-state index in [2.05, 4.69) is 48.7 Å². The molecule has 0 aliphatic heterocycles. The van der Waals surface area contributed by atoms with Crippen molar-refractivity contribution in [3.05, 3.63) is 65.4 Å². The molecule has 0 aliphatic carbocycles. The van der Waals surface area contributed by atoms with Crippen molar-refractivity contribution in [2.75, 3.05) is 0 Å². The van der Waals surface area contributed by atoms with E-state index in [-0.39, 0.29) is 6.10 Å². The number of aryl methyl sites for hydroxylation is 2. The molecule has 0 saturated carbocycles. The van der Waals surface area contributed by atoms with Crippen LogP contribution in [-0.2, 0) is 13.0 Å². The van der Waals surface area contributed by atoms with E-state index in [1.54, 1.807) is 0 Å². The summed E-state index contributed by atoms with van der Waals surface area (Å²) >= 11 is 0. The van der Waals surface area contributed by atoms with E-state index in [0.29, 0.717) is 0 Å². The van der Waals surface area contributed by atoms with Crippen molar-refractivity contribution in [1.29, 1.82) is 0 Å². The van der Waals surface area contributed by atoms with Gasteiger partial charge in [0.1, 0.15) is 5.75 Å². The lowest BCUT2D eigenvalue weighted by Gasteiger charge is -2.14. The molecule has 26 heavy (non-hydrogen) atoms. The highest BCUT2D eigenvalue weighted by molar-refractivity contribution is 6.00. The number of ether oxygens (including phenoxy) is 1. The molecule has 1 aromatic heterocycles. The molecule has 3 aromatic rings. The fourth-order valence-corrected chi connectivity index (χ4v) is 3.58. The molecule has 0 amide bonds. The monoisotopic (exact) mass is 349 g/mol. The van der Waals surface area contributed by atoms with Crippen molar-refractivity contribution in [2.45, 2.75) is 52.7 Å². The molecule has 3 rings (SSSR count). The Balaban J connectivity index is 1.91. The maximum absolute atomic E-state index is 11.7. The molecular weight excluding hydrogens is 322 g/mol. The van der Waals surface area contributed by atoms with Crippen LogP contribution in [0, 0.1) is 6.92 Å². The second kappa shape index (κ2) is 8.22. The Morgan fingerprint density at radius 1 is 1.15 bits per heavy atom. The molecule has 3 nitrogen and oxygen atoms in total. The maximum Gasteiger partial charge on any atom is 0.152 e. The standard InChI is InChI=1S/C23H27NO2/c1-4-8-17(2)26-20-11-12-23-21(15-20)22(16-25)18(3)24(23)14-13-19-9-6-5-7-10-19/h5-7,9-12,15-17H,4,8,13-14H2,1-3H3/t17-/m0/s1. The molecule has 1 heterocycles. The number of hydrogen-bond donors (Lipinski definition) is 0. The predicted octanol–water partition coefficient (Wildman–Crippen LogP) is 5.57. The largest absolute Gasteiger partial charge is 0.491 e. The van der Waals surface area contributed by atoms with Gasteiger partial charge in [-0.15, -0.1) is 0 Å². The highest BCUT2D eigenvalue weighted by Gasteiger charge is 2.15. The Morgan fingerprint density at radius 2 is 1.92 bits per heavy atom. The Kier molecular flexibility index (Phi) is 5.77. The number of nitrogens with zero attached hydrogens (tertiary/aromatic N) is 1. The van der Waals surface area contributed by atoms with Gasteiger partial charge in [-0.2, -0.15) is 0 Å². The van der Waals surface area contributed by atoms with Gasteiger partial charge < -0.3 is 9.30 Å². The molecule has 2 aromatic carbocycles. The summed E-state index contributed by atoms with van der Waals surface area (Å²) in [6.07, 6.45) is 4.21. The van der Waals surface area contributed by atoms with Crippen LogP contribution in [0.2, 0.25) is 0 Å². The van der Waals surface area contributed by atoms with Crippen molar-refractivity contribution in [3.8, 4) is 5.75 Å². The smallest absolute Gasteiger partial charge is 0.152 e. The number of aldehydes is 1. The van der Waals surface area contributed by atoms with Crippen LogP contribution in [-0.4, -0.2) is 17.0 Å². The SMILES string of the molecule is CCC[C@H](C)Oc1ccc2c(c1)c(C=O)c(C)n2CCc1ccccc1. The van der Waals surface area contributed by atoms with Gasteiger partial charge in [0.05, 0.1) is 6.10 Å². The average Bonchev–Trinajstić information content (AvgIpc) is 2.91. The molecule has 0 spiro atoms. The van der Waals surface area contributed by atoms with E-state index in [9.17, 15) is 4.79 Å². The van der Waals surface area contributed by atoms with Gasteiger partial charge in [0, 0.05) is 28.7 Å². The van der Waals surface area contributed by atoms with E-state index in [1.165, 1.54) is 5.56 Å². The first-order valence-electron chi connectivity index (χ1n) is 9.42. The summed E-state index contributed by atoms with van der Waals surface area (Å²) < 4.78 is 8.26. The number of aromatic nitrogens is 1. The van der Waals surface area contributed by atoms with Crippen LogP contribution in [0.25, 0.3) is 10.9 Å². The van der Waals surface area contributed by atoms with Crippen molar-refractivity contribution >= 4 is 17.2 Å². The summed E-state index contributed by atoms with van der Waals surface area (Å²) in [5.74, 6) is 0.835. The Morgan fingerprint density at radius 3 is 2.62 bits per heavy atom. The number of carbonyl (C=O) groups excluding carboxylic acids is 1. The molecule has 0 saturated heterocycles. The third kappa shape index (κ3) is 3.82. The van der Waals surface area contributed by atoms with Crippen LogP contribution in [0.3, 0.4) is 0 Å². The Hall–Kier alpha value is -2.55. The van der Waals surface area contributed by atoms with Crippen LogP contribution < -0.4 is 4.74 Å². The number of fused-ring (bicyclic) bond motifs is 1. The van der Waals surface area contributed by atoms with Crippen LogP contribution in [0.4, 0.5) is 0 Å². The minimum atomic E-state index is 0.179. The van der Waals surface area contributed by atoms with E-state index in [4.69, 9.17) is 4.74 Å². The van der Waals surface area contributed by atoms with Gasteiger partial charge in [0.2, 0.25) is 0 Å². The molecular formula is C23H27NO2. The zero-order valence-corrected chi connectivity index (χ0v) is 15.9. The fourth-order valence-electron chi connectivity index (χ4n) is 3.58. The zero-order chi connectivity index (χ0) is 18.5. The van der Waals surface area contributed by atoms with Gasteiger partial charge in [-0.05, 0) is 50.5 Å². The molecule has 3 heteroatoms. The van der Waals surface area contributed by atoms with E-state index in [1.807, 2.05) is 25.1 Å². The first-order valence-corrected chi connectivity index (χ1v) is 9.42. The molecule has 0 fully saturated rings. The van der Waals surface area contributed by atoms with Crippen LogP contribution in [0.15, 0.2) is 48.5 Å². The summed E-state index contributed by atoms with van der Waals surface area (Å²) in [6.45, 7) is 7.12. The molecule has 0 bridgehead atoms. The summed E-state index contributed by atoms with van der Waals surface area (Å²) in [5, 5.41) is 0.978. The zero-order valence-electron chi connectivity index (χ0n) is 15.9. The minimum Gasteiger partial charge on any atom is -0.491 e. The van der Waals surface area contributed by atoms with Crippen molar-refractivity contribution in [3.63, 3.8) is 0 Å². The second-order valence-electron chi connectivity index (χ2n) is 6.90. The van der Waals surface area contributed by atoms with E-state index >= 15 is 0 Å². The van der Waals surface area contributed by atoms with Crippen LogP contribution in [0.5, 0.6) is 5.75 Å². The Labute approximate surface area is 155 Å². The third-order valence-corrected chi connectivity index (χ3v) is 4.96. The van der Waals surface area contributed by atoms with Gasteiger partial charge in [0.25, 0.3) is 0 Å². The lowest BCUT2D eigenvalue weighted by Crippen LogP contribution is -2.10. The predicted molar refractivity (Wildman–Crippen MR) is 107 cm³/mol. The first-order chi connectivity index (χ1) is 12.6. The summed E-state index contributed by atoms with van der Waals surface area (Å²) in [7, 11) is 0. The van der Waals surface area contributed by atoms with Gasteiger partial charge in [0.15, 0.2) is 6.29 Å². The van der Waals surface area contributed by atoms with Crippen molar-refractivity contribution < 1.29 is 9.53 Å². The van der Waals surface area contributed by atoms with Gasteiger partial charge in [-0.3, -0.25) is 4.79 Å². The second-order valence-corrected chi connectivity index (χ2v) is 6.90. The highest BCUT2D eigenvalue weighted by atomic mass is 16.5. The van der Waals surface area contributed by atoms with Crippen LogP contribution >= 0.6 is 0 Å². The maximum atomic E-state index is 11.7. The van der Waals surface area contributed by atoms with Gasteiger partial charge >= 0.3 is 0 Å². The lowest BCUT2D eigenvalue weighted by atomic mass is 10.1. The number of hydrogen-bond acceptors (Lipinski definition) is 2. The average molecular weight is 349 g/mol. The minimum absolute atomic E-state index is 0.179. The van der Waals surface area contributed by atoms with Gasteiger partial charge in [-0.25, -0.2) is 0 Å². The number of carbonyl (C=O) groups is 1. The third-order valence-electron chi connectivity index (χ3n) is 4.96. The number of rotatable bonds is 8. The normalized spacial score (nSPS) is 12.3. The molecule has 0 radical (unpaired) electrons. The quantitative estimate of drug-likeness (QED) is 0.498. The Bertz CT molecular complexity index is 880. The summed E-state index contributed by atoms with van der Waals surface area (Å²) in [6, 6.07) is 16.5. The topological polar surface area (TPSA) is 31.2 Å². The molecule has 0 aliphatic rings. The van der Waals surface area contributed by atoms with Gasteiger partial charge in [-0.1, -0.05) is 43.7 Å². The van der Waals surface area contributed by atoms with E-state index < -0.39 is 0 Å². The van der Waals surface area contributed by atoms with Crippen molar-refractivity contribution in [1.82, 2.24) is 4.57 Å². The van der Waals surface area contributed by atoms with Crippen LogP contribution in [0.1, 0.15) is 48.3 Å². The summed E-state index contributed by atoms with van der Waals surface area (Å²) in [5.41, 5.74) is 4.18. The highest BCUT2D eigenvalue weighted by Crippen LogP contribution is 2.29. The molecule has 136 valence electrons. The van der Waals surface area contributed by atoms with Crippen molar-refractivity contribution in [2.24, 2.45) is 0 Å². The van der Waals surface area contributed by atoms with E-state index in [0.717, 1.165) is 60.0 Å². The lowest BCUT2D eigenvalue weighted by molar-refractivity contribution is 0.112. The summed E-state index contributed by atoms with van der Waals surface area (Å²) in [4.78, 5) is 11.7.